The minimum Gasteiger partial charge on any atom is -0.476 e. The van der Waals surface area contributed by atoms with Crippen LogP contribution in [0.2, 0.25) is 0 Å². The van der Waals surface area contributed by atoms with Crippen LogP contribution in [0.3, 0.4) is 0 Å². The first-order chi connectivity index (χ1) is 11.0. The summed E-state index contributed by atoms with van der Waals surface area (Å²) in [6.45, 7) is 1.96. The van der Waals surface area contributed by atoms with Crippen molar-refractivity contribution in [3.8, 4) is 5.88 Å². The number of likely N-dealkylation sites (N-methyl/N-ethyl adjacent to an activating group) is 1. The lowest BCUT2D eigenvalue weighted by Crippen LogP contribution is -2.21. The molecule has 0 amide bonds. The van der Waals surface area contributed by atoms with E-state index in [4.69, 9.17) is 4.74 Å². The number of hydrogen-bond acceptors (Lipinski definition) is 6. The maximum atomic E-state index is 11.8. The van der Waals surface area contributed by atoms with Crippen LogP contribution in [0.1, 0.15) is 5.56 Å². The van der Waals surface area contributed by atoms with Crippen molar-refractivity contribution in [3.63, 3.8) is 0 Å². The molecule has 7 nitrogen and oxygen atoms in total. The summed E-state index contributed by atoms with van der Waals surface area (Å²) in [5.74, 6) is 0.590. The van der Waals surface area contributed by atoms with E-state index in [9.17, 15) is 4.79 Å². The highest BCUT2D eigenvalue weighted by molar-refractivity contribution is 9.10. The Balaban J connectivity index is 1.98. The largest absolute Gasteiger partial charge is 0.476 e. The Morgan fingerprint density at radius 3 is 2.96 bits per heavy atom. The van der Waals surface area contributed by atoms with Crippen LogP contribution >= 0.6 is 15.9 Å². The SMILES string of the molecule is CN(C)CCOc1cc(CNc2cnn(C)c(=O)c2Br)ccn1. The fraction of sp³-hybridized carbons (Fsp3) is 0.400. The average Bonchev–Trinajstić information content (AvgIpc) is 2.52. The van der Waals surface area contributed by atoms with Crippen molar-refractivity contribution in [3.05, 3.63) is 44.9 Å². The van der Waals surface area contributed by atoms with Crippen LogP contribution in [0.15, 0.2) is 33.8 Å². The van der Waals surface area contributed by atoms with Gasteiger partial charge in [-0.15, -0.1) is 0 Å². The zero-order valence-corrected chi connectivity index (χ0v) is 15.0. The van der Waals surface area contributed by atoms with Crippen molar-refractivity contribution in [2.75, 3.05) is 32.6 Å². The van der Waals surface area contributed by atoms with E-state index >= 15 is 0 Å². The highest BCUT2D eigenvalue weighted by Crippen LogP contribution is 2.17. The van der Waals surface area contributed by atoms with Crippen LogP contribution < -0.4 is 15.6 Å². The van der Waals surface area contributed by atoms with Crippen molar-refractivity contribution in [2.45, 2.75) is 6.54 Å². The zero-order valence-electron chi connectivity index (χ0n) is 13.4. The summed E-state index contributed by atoms with van der Waals surface area (Å²) in [6, 6.07) is 3.78. The molecule has 0 unspecified atom stereocenters. The van der Waals surface area contributed by atoms with E-state index in [1.807, 2.05) is 31.1 Å². The molecule has 0 aliphatic carbocycles. The third-order valence-electron chi connectivity index (χ3n) is 3.15. The quantitative estimate of drug-likeness (QED) is 0.783. The molecule has 2 rings (SSSR count). The summed E-state index contributed by atoms with van der Waals surface area (Å²) in [6.07, 6.45) is 3.32. The standard InChI is InChI=1S/C15H20BrN5O2/c1-20(2)6-7-23-13-8-11(4-5-17-13)9-18-12-10-19-21(3)15(22)14(12)16/h4-5,8,10,18H,6-7,9H2,1-3H3. The van der Waals surface area contributed by atoms with E-state index in [-0.39, 0.29) is 5.56 Å². The number of nitrogens with zero attached hydrogens (tertiary/aromatic N) is 4. The van der Waals surface area contributed by atoms with Crippen LogP contribution in [-0.4, -0.2) is 46.9 Å². The molecule has 2 heterocycles. The summed E-state index contributed by atoms with van der Waals surface area (Å²) in [4.78, 5) is 18.0. The van der Waals surface area contributed by atoms with Crippen molar-refractivity contribution in [1.82, 2.24) is 19.7 Å². The third kappa shape index (κ3) is 5.04. The minimum atomic E-state index is -0.183. The number of ether oxygens (including phenoxy) is 1. The predicted octanol–water partition coefficient (Wildman–Crippen LogP) is 1.49. The lowest BCUT2D eigenvalue weighted by Gasteiger charge is -2.12. The van der Waals surface area contributed by atoms with Gasteiger partial charge in [-0.2, -0.15) is 5.10 Å². The minimum absolute atomic E-state index is 0.183. The molecule has 0 radical (unpaired) electrons. The molecule has 0 bridgehead atoms. The van der Waals surface area contributed by atoms with Gasteiger partial charge in [-0.25, -0.2) is 9.67 Å². The summed E-state index contributed by atoms with van der Waals surface area (Å²) < 4.78 is 7.35. The average molecular weight is 382 g/mol. The molecule has 0 aliphatic heterocycles. The van der Waals surface area contributed by atoms with E-state index < -0.39 is 0 Å². The van der Waals surface area contributed by atoms with Gasteiger partial charge in [0.15, 0.2) is 0 Å². The van der Waals surface area contributed by atoms with Gasteiger partial charge in [-0.1, -0.05) is 0 Å². The van der Waals surface area contributed by atoms with Gasteiger partial charge in [0.25, 0.3) is 5.56 Å². The summed E-state index contributed by atoms with van der Waals surface area (Å²) in [7, 11) is 5.59. The molecule has 23 heavy (non-hydrogen) atoms. The van der Waals surface area contributed by atoms with Gasteiger partial charge in [0.1, 0.15) is 11.1 Å². The Morgan fingerprint density at radius 1 is 1.43 bits per heavy atom. The second kappa shape index (κ2) is 8.07. The van der Waals surface area contributed by atoms with Crippen LogP contribution in [0.5, 0.6) is 5.88 Å². The lowest BCUT2D eigenvalue weighted by atomic mass is 10.2. The smallest absolute Gasteiger partial charge is 0.282 e. The molecule has 124 valence electrons. The maximum Gasteiger partial charge on any atom is 0.282 e. The van der Waals surface area contributed by atoms with Gasteiger partial charge in [-0.05, 0) is 41.7 Å². The molecular weight excluding hydrogens is 362 g/mol. The molecule has 0 aliphatic rings. The molecule has 8 heteroatoms. The van der Waals surface area contributed by atoms with Gasteiger partial charge in [0, 0.05) is 32.4 Å². The Labute approximate surface area is 143 Å². The summed E-state index contributed by atoms with van der Waals surface area (Å²) in [5, 5.41) is 7.18. The molecule has 0 fully saturated rings. The van der Waals surface area contributed by atoms with E-state index in [0.717, 1.165) is 12.1 Å². The van der Waals surface area contributed by atoms with Crippen LogP contribution in [0.4, 0.5) is 5.69 Å². The van der Waals surface area contributed by atoms with E-state index in [2.05, 4.69) is 31.3 Å². The lowest BCUT2D eigenvalue weighted by molar-refractivity contribution is 0.253. The van der Waals surface area contributed by atoms with Gasteiger partial charge in [0.2, 0.25) is 5.88 Å². The molecule has 0 saturated heterocycles. The Bertz CT molecular complexity index is 717. The number of pyridine rings is 1. The molecule has 2 aromatic heterocycles. The first-order valence-corrected chi connectivity index (χ1v) is 7.95. The van der Waals surface area contributed by atoms with Gasteiger partial charge in [-0.3, -0.25) is 4.79 Å². The Hall–Kier alpha value is -1.93. The molecule has 2 aromatic rings. The van der Waals surface area contributed by atoms with E-state index in [1.54, 1.807) is 19.4 Å². The van der Waals surface area contributed by atoms with Crippen molar-refractivity contribution in [2.24, 2.45) is 7.05 Å². The number of aryl methyl sites for hydroxylation is 1. The normalized spacial score (nSPS) is 10.8. The van der Waals surface area contributed by atoms with Crippen molar-refractivity contribution >= 4 is 21.6 Å². The fourth-order valence-electron chi connectivity index (χ4n) is 1.80. The van der Waals surface area contributed by atoms with E-state index in [0.29, 0.717) is 29.2 Å². The number of aromatic nitrogens is 3. The predicted molar refractivity (Wildman–Crippen MR) is 92.8 cm³/mol. The van der Waals surface area contributed by atoms with Gasteiger partial charge in [0.05, 0.1) is 11.9 Å². The number of halogens is 1. The van der Waals surface area contributed by atoms with Crippen molar-refractivity contribution in [1.29, 1.82) is 0 Å². The number of hydrogen-bond donors (Lipinski definition) is 1. The Morgan fingerprint density at radius 2 is 2.22 bits per heavy atom. The number of nitrogens with one attached hydrogen (secondary N) is 1. The van der Waals surface area contributed by atoms with E-state index in [1.165, 1.54) is 4.68 Å². The van der Waals surface area contributed by atoms with Crippen LogP contribution in [0.25, 0.3) is 0 Å². The van der Waals surface area contributed by atoms with Gasteiger partial charge < -0.3 is 15.0 Å². The highest BCUT2D eigenvalue weighted by atomic mass is 79.9. The highest BCUT2D eigenvalue weighted by Gasteiger charge is 2.07. The second-order valence-corrected chi connectivity index (χ2v) is 6.10. The van der Waals surface area contributed by atoms with Crippen LogP contribution in [-0.2, 0) is 13.6 Å². The first-order valence-electron chi connectivity index (χ1n) is 7.15. The topological polar surface area (TPSA) is 72.3 Å². The summed E-state index contributed by atoms with van der Waals surface area (Å²) in [5.41, 5.74) is 1.48. The molecular formula is C15H20BrN5O2. The first kappa shape index (κ1) is 17.4. The molecule has 0 spiro atoms. The monoisotopic (exact) mass is 381 g/mol. The molecule has 1 N–H and O–H groups in total. The summed E-state index contributed by atoms with van der Waals surface area (Å²) >= 11 is 3.29. The molecule has 0 aromatic carbocycles. The van der Waals surface area contributed by atoms with Crippen LogP contribution in [0, 0.1) is 0 Å². The molecule has 0 atom stereocenters. The second-order valence-electron chi connectivity index (χ2n) is 5.31. The fourth-order valence-corrected chi connectivity index (χ4v) is 2.30. The Kier molecular flexibility index (Phi) is 6.12. The maximum absolute atomic E-state index is 11.8. The zero-order chi connectivity index (χ0) is 16.8. The van der Waals surface area contributed by atoms with Crippen molar-refractivity contribution < 1.29 is 4.74 Å². The molecule has 0 saturated carbocycles. The third-order valence-corrected chi connectivity index (χ3v) is 3.92. The number of rotatable bonds is 7. The number of anilines is 1. The van der Waals surface area contributed by atoms with Gasteiger partial charge >= 0.3 is 0 Å².